The first-order valence-corrected chi connectivity index (χ1v) is 8.57. The van der Waals surface area contributed by atoms with Gasteiger partial charge in [-0.2, -0.15) is 0 Å². The van der Waals surface area contributed by atoms with Crippen LogP contribution in [0.15, 0.2) is 44.7 Å². The fourth-order valence-electron chi connectivity index (χ4n) is 2.66. The predicted molar refractivity (Wildman–Crippen MR) is 98.9 cm³/mol. The third-order valence-corrected chi connectivity index (χ3v) is 5.04. The summed E-state index contributed by atoms with van der Waals surface area (Å²) in [6, 6.07) is 7.14. The lowest BCUT2D eigenvalue weighted by molar-refractivity contribution is 0.694. The molecule has 7 heteroatoms. The summed E-state index contributed by atoms with van der Waals surface area (Å²) in [6.07, 6.45) is 1.98. The highest BCUT2D eigenvalue weighted by atomic mass is 79.9. The molecule has 1 N–H and O–H groups in total. The maximum absolute atomic E-state index is 12.4. The van der Waals surface area contributed by atoms with Crippen molar-refractivity contribution >= 4 is 38.4 Å². The van der Waals surface area contributed by atoms with E-state index in [4.69, 9.17) is 11.6 Å². The molecule has 0 unspecified atom stereocenters. The van der Waals surface area contributed by atoms with Crippen LogP contribution in [0.2, 0.25) is 5.02 Å². The van der Waals surface area contributed by atoms with Crippen molar-refractivity contribution in [3.05, 3.63) is 72.1 Å². The van der Waals surface area contributed by atoms with E-state index >= 15 is 0 Å². The second-order valence-electron chi connectivity index (χ2n) is 5.78. The maximum Gasteiger partial charge on any atom is 0.272 e. The molecule has 0 spiro atoms. The summed E-state index contributed by atoms with van der Waals surface area (Å²) in [4.78, 5) is 31.7. The van der Waals surface area contributed by atoms with E-state index in [0.29, 0.717) is 27.3 Å². The third-order valence-electron chi connectivity index (χ3n) is 4.06. The Bertz CT molecular complexity index is 1040. The van der Waals surface area contributed by atoms with Crippen LogP contribution >= 0.6 is 27.5 Å². The molecule has 1 atom stereocenters. The van der Waals surface area contributed by atoms with Gasteiger partial charge in [-0.15, -0.1) is 0 Å². The van der Waals surface area contributed by atoms with Gasteiger partial charge in [0.15, 0.2) is 0 Å². The highest BCUT2D eigenvalue weighted by Crippen LogP contribution is 2.21. The molecule has 0 aliphatic rings. The van der Waals surface area contributed by atoms with Crippen LogP contribution < -0.4 is 11.1 Å². The Morgan fingerprint density at radius 1 is 1.33 bits per heavy atom. The molecule has 3 aromatic rings. The molecule has 3 rings (SSSR count). The molecule has 0 aliphatic heterocycles. The molecule has 0 saturated carbocycles. The molecule has 124 valence electrons. The summed E-state index contributed by atoms with van der Waals surface area (Å²) < 4.78 is 2.10. The molecule has 2 aromatic heterocycles. The van der Waals surface area contributed by atoms with E-state index in [-0.39, 0.29) is 17.0 Å². The SMILES string of the molecule is C[C@H](Cc1ncc(Br)n(C)c1=O)c1cc2cc(Cl)ccc2[nH]c1=O. The van der Waals surface area contributed by atoms with E-state index in [1.54, 1.807) is 31.4 Å². The van der Waals surface area contributed by atoms with Crippen LogP contribution in [0.25, 0.3) is 10.9 Å². The van der Waals surface area contributed by atoms with Gasteiger partial charge < -0.3 is 9.55 Å². The monoisotopic (exact) mass is 407 g/mol. The topological polar surface area (TPSA) is 67.8 Å². The summed E-state index contributed by atoms with van der Waals surface area (Å²) in [5.74, 6) is -0.154. The van der Waals surface area contributed by atoms with Gasteiger partial charge in [-0.25, -0.2) is 0 Å². The van der Waals surface area contributed by atoms with E-state index in [1.165, 1.54) is 4.57 Å². The Hall–Kier alpha value is -1.92. The first-order chi connectivity index (χ1) is 11.4. The number of nitrogens with zero attached hydrogens (tertiary/aromatic N) is 2. The average molecular weight is 409 g/mol. The second kappa shape index (κ2) is 6.53. The van der Waals surface area contributed by atoms with Gasteiger partial charge in [0.25, 0.3) is 11.1 Å². The minimum absolute atomic E-state index is 0.154. The summed E-state index contributed by atoms with van der Waals surface area (Å²) >= 11 is 9.29. The summed E-state index contributed by atoms with van der Waals surface area (Å²) in [7, 11) is 1.67. The number of pyridine rings is 1. The zero-order chi connectivity index (χ0) is 17.4. The van der Waals surface area contributed by atoms with E-state index < -0.39 is 0 Å². The summed E-state index contributed by atoms with van der Waals surface area (Å²) in [6.45, 7) is 1.91. The lowest BCUT2D eigenvalue weighted by Crippen LogP contribution is -2.25. The van der Waals surface area contributed by atoms with Crippen molar-refractivity contribution in [2.24, 2.45) is 7.05 Å². The number of aromatic amines is 1. The van der Waals surface area contributed by atoms with Crippen LogP contribution in [-0.2, 0) is 13.5 Å². The van der Waals surface area contributed by atoms with Crippen LogP contribution in [0.5, 0.6) is 0 Å². The zero-order valence-corrected chi connectivity index (χ0v) is 15.5. The fraction of sp³-hybridized carbons (Fsp3) is 0.235. The van der Waals surface area contributed by atoms with E-state index in [1.807, 2.05) is 13.0 Å². The number of hydrogen-bond acceptors (Lipinski definition) is 3. The lowest BCUT2D eigenvalue weighted by atomic mass is 9.96. The average Bonchev–Trinajstić information content (AvgIpc) is 2.55. The molecule has 0 radical (unpaired) electrons. The first-order valence-electron chi connectivity index (χ1n) is 7.39. The number of fused-ring (bicyclic) bond motifs is 1. The summed E-state index contributed by atoms with van der Waals surface area (Å²) in [5.41, 5.74) is 1.44. The largest absolute Gasteiger partial charge is 0.322 e. The zero-order valence-electron chi connectivity index (χ0n) is 13.1. The van der Waals surface area contributed by atoms with Crippen LogP contribution in [0.3, 0.4) is 0 Å². The van der Waals surface area contributed by atoms with Crippen molar-refractivity contribution in [1.82, 2.24) is 14.5 Å². The number of aromatic nitrogens is 3. The van der Waals surface area contributed by atoms with Crippen molar-refractivity contribution in [3.8, 4) is 0 Å². The van der Waals surface area contributed by atoms with E-state index in [2.05, 4.69) is 25.9 Å². The summed E-state index contributed by atoms with van der Waals surface area (Å²) in [5, 5.41) is 1.47. The number of hydrogen-bond donors (Lipinski definition) is 1. The normalized spacial score (nSPS) is 12.5. The smallest absolute Gasteiger partial charge is 0.272 e. The minimum atomic E-state index is -0.170. The molecule has 0 bridgehead atoms. The highest BCUT2D eigenvalue weighted by Gasteiger charge is 2.16. The standard InChI is InChI=1S/C17H15BrClN3O2/c1-9(5-14-17(24)22(2)15(18)8-20-14)12-7-10-6-11(19)3-4-13(10)21-16(12)23/h3-4,6-9H,5H2,1-2H3,(H,21,23)/t9-/m1/s1. The molecule has 2 heterocycles. The molecule has 0 fully saturated rings. The van der Waals surface area contributed by atoms with Crippen molar-refractivity contribution in [2.75, 3.05) is 0 Å². The molecule has 5 nitrogen and oxygen atoms in total. The van der Waals surface area contributed by atoms with Gasteiger partial charge in [0.05, 0.1) is 6.20 Å². The van der Waals surface area contributed by atoms with Crippen LogP contribution in [-0.4, -0.2) is 14.5 Å². The Labute approximate surface area is 151 Å². The first kappa shape index (κ1) is 16.9. The van der Waals surface area contributed by atoms with E-state index in [9.17, 15) is 9.59 Å². The van der Waals surface area contributed by atoms with Gasteiger partial charge in [-0.1, -0.05) is 18.5 Å². The third kappa shape index (κ3) is 3.16. The second-order valence-corrected chi connectivity index (χ2v) is 7.03. The number of benzene rings is 1. The van der Waals surface area contributed by atoms with Gasteiger partial charge in [0.1, 0.15) is 10.3 Å². The molecule has 0 amide bonds. The minimum Gasteiger partial charge on any atom is -0.322 e. The lowest BCUT2D eigenvalue weighted by Gasteiger charge is -2.12. The van der Waals surface area contributed by atoms with Crippen molar-refractivity contribution < 1.29 is 0 Å². The number of nitrogens with one attached hydrogen (secondary N) is 1. The number of rotatable bonds is 3. The maximum atomic E-state index is 12.4. The Morgan fingerprint density at radius 2 is 2.08 bits per heavy atom. The van der Waals surface area contributed by atoms with Gasteiger partial charge in [0, 0.05) is 29.6 Å². The van der Waals surface area contributed by atoms with Crippen molar-refractivity contribution in [2.45, 2.75) is 19.3 Å². The van der Waals surface area contributed by atoms with Crippen LogP contribution in [0, 0.1) is 0 Å². The highest BCUT2D eigenvalue weighted by molar-refractivity contribution is 9.10. The predicted octanol–water partition coefficient (Wildman–Crippen LogP) is 3.38. The Kier molecular flexibility index (Phi) is 4.60. The van der Waals surface area contributed by atoms with Crippen molar-refractivity contribution in [1.29, 1.82) is 0 Å². The van der Waals surface area contributed by atoms with Crippen molar-refractivity contribution in [3.63, 3.8) is 0 Å². The number of H-pyrrole nitrogens is 1. The Morgan fingerprint density at radius 3 is 2.83 bits per heavy atom. The van der Waals surface area contributed by atoms with Gasteiger partial charge in [-0.05, 0) is 51.5 Å². The van der Waals surface area contributed by atoms with Crippen LogP contribution in [0.4, 0.5) is 0 Å². The van der Waals surface area contributed by atoms with Gasteiger partial charge in [0.2, 0.25) is 0 Å². The van der Waals surface area contributed by atoms with Gasteiger partial charge >= 0.3 is 0 Å². The quantitative estimate of drug-likeness (QED) is 0.722. The van der Waals surface area contributed by atoms with E-state index in [0.717, 1.165) is 10.9 Å². The van der Waals surface area contributed by atoms with Crippen LogP contribution in [0.1, 0.15) is 24.1 Å². The Balaban J connectivity index is 2.01. The molecule has 24 heavy (non-hydrogen) atoms. The molecular weight excluding hydrogens is 394 g/mol. The molecule has 0 saturated heterocycles. The molecule has 0 aliphatic carbocycles. The molecular formula is C17H15BrClN3O2. The van der Waals surface area contributed by atoms with Gasteiger partial charge in [-0.3, -0.25) is 14.6 Å². The molecule has 1 aromatic carbocycles. The fourth-order valence-corrected chi connectivity index (χ4v) is 3.11. The number of halogens is 2.